The lowest BCUT2D eigenvalue weighted by atomic mass is 9.99. The molecule has 6 nitrogen and oxygen atoms in total. The normalized spacial score (nSPS) is 21.3. The second-order valence-electron chi connectivity index (χ2n) is 7.72. The Hall–Kier alpha value is -1.92. The fraction of sp³-hybridized carbons (Fsp3) is 0.600. The van der Waals surface area contributed by atoms with Gasteiger partial charge in [0, 0.05) is 7.05 Å². The summed E-state index contributed by atoms with van der Waals surface area (Å²) in [5, 5.41) is 0. The number of nitrogens with zero attached hydrogens (tertiary/aromatic N) is 2. The van der Waals surface area contributed by atoms with Crippen LogP contribution >= 0.6 is 0 Å². The third-order valence-corrected chi connectivity index (χ3v) is 5.37. The minimum absolute atomic E-state index is 0.0280. The van der Waals surface area contributed by atoms with Crippen molar-refractivity contribution < 1.29 is 19.1 Å². The third kappa shape index (κ3) is 3.62. The highest BCUT2D eigenvalue weighted by Gasteiger charge is 2.48. The molecule has 0 N–H and O–H groups in total. The van der Waals surface area contributed by atoms with Crippen LogP contribution in [0.1, 0.15) is 46.2 Å². The van der Waals surface area contributed by atoms with Gasteiger partial charge in [-0.15, -0.1) is 0 Å². The zero-order chi connectivity index (χ0) is 19.7. The fourth-order valence-corrected chi connectivity index (χ4v) is 3.54. The number of hydrogen-bond donors (Lipinski definition) is 0. The van der Waals surface area contributed by atoms with E-state index in [2.05, 4.69) is 4.90 Å². The zero-order valence-electron chi connectivity index (χ0n) is 16.8. The molecule has 2 atom stereocenters. The summed E-state index contributed by atoms with van der Waals surface area (Å²) in [5.74, 6) is -0.600. The maximum atomic E-state index is 13.2. The van der Waals surface area contributed by atoms with Crippen LogP contribution in [0.2, 0.25) is 0 Å². The van der Waals surface area contributed by atoms with Crippen molar-refractivity contribution in [2.75, 3.05) is 20.8 Å². The molecule has 0 radical (unpaired) electrons. The third-order valence-electron chi connectivity index (χ3n) is 5.37. The van der Waals surface area contributed by atoms with Crippen LogP contribution in [-0.2, 0) is 19.1 Å². The molecule has 1 heterocycles. The van der Waals surface area contributed by atoms with E-state index in [9.17, 15) is 9.59 Å². The Morgan fingerprint density at radius 1 is 1.31 bits per heavy atom. The van der Waals surface area contributed by atoms with Crippen LogP contribution in [0, 0.1) is 0 Å². The SMILES string of the molecule is COC(=O)C(C)(C)N(C)C(=O)[C@@H](C)N1[C@H](c2ccccc2)COC1(C)C. The van der Waals surface area contributed by atoms with Gasteiger partial charge < -0.3 is 14.4 Å². The van der Waals surface area contributed by atoms with Gasteiger partial charge in [0.15, 0.2) is 0 Å². The van der Waals surface area contributed by atoms with Gasteiger partial charge in [-0.05, 0) is 40.2 Å². The first-order valence-electron chi connectivity index (χ1n) is 8.87. The second-order valence-corrected chi connectivity index (χ2v) is 7.72. The Morgan fingerprint density at radius 3 is 2.42 bits per heavy atom. The van der Waals surface area contributed by atoms with E-state index in [0.717, 1.165) is 5.56 Å². The van der Waals surface area contributed by atoms with Crippen molar-refractivity contribution in [1.29, 1.82) is 0 Å². The Labute approximate surface area is 156 Å². The van der Waals surface area contributed by atoms with E-state index in [1.807, 2.05) is 51.1 Å². The molecule has 1 aromatic rings. The van der Waals surface area contributed by atoms with Crippen LogP contribution in [0.5, 0.6) is 0 Å². The van der Waals surface area contributed by atoms with Gasteiger partial charge in [-0.2, -0.15) is 0 Å². The summed E-state index contributed by atoms with van der Waals surface area (Å²) < 4.78 is 10.8. The molecule has 2 rings (SSSR count). The summed E-state index contributed by atoms with van der Waals surface area (Å²) in [6.07, 6.45) is 0. The summed E-state index contributed by atoms with van der Waals surface area (Å²) in [4.78, 5) is 28.8. The number of amides is 1. The molecular weight excluding hydrogens is 332 g/mol. The van der Waals surface area contributed by atoms with Gasteiger partial charge in [0.05, 0.1) is 25.8 Å². The average molecular weight is 362 g/mol. The molecule has 1 fully saturated rings. The number of esters is 1. The first kappa shape index (κ1) is 20.4. The number of likely N-dealkylation sites (N-methyl/N-ethyl adjacent to an activating group) is 1. The van der Waals surface area contributed by atoms with Gasteiger partial charge in [0.25, 0.3) is 0 Å². The van der Waals surface area contributed by atoms with Gasteiger partial charge in [-0.1, -0.05) is 30.3 Å². The molecule has 1 amide bonds. The molecular formula is C20H30N2O4. The molecule has 144 valence electrons. The monoisotopic (exact) mass is 362 g/mol. The molecule has 0 unspecified atom stereocenters. The van der Waals surface area contributed by atoms with Gasteiger partial charge in [-0.3, -0.25) is 9.69 Å². The van der Waals surface area contributed by atoms with Gasteiger partial charge in [0.2, 0.25) is 5.91 Å². The molecule has 6 heteroatoms. The molecule has 0 aliphatic carbocycles. The Bertz CT molecular complexity index is 657. The number of hydrogen-bond acceptors (Lipinski definition) is 5. The number of carbonyl (C=O) groups is 2. The standard InChI is InChI=1S/C20H30N2O4/c1-14(17(23)21(6)19(2,3)18(24)25-7)22-16(13-26-20(22,4)5)15-11-9-8-10-12-15/h8-12,14,16H,13H2,1-7H3/t14-,16+/m1/s1. The lowest BCUT2D eigenvalue weighted by Crippen LogP contribution is -2.59. The van der Waals surface area contributed by atoms with Crippen LogP contribution in [0.25, 0.3) is 0 Å². The van der Waals surface area contributed by atoms with Gasteiger partial charge in [0.1, 0.15) is 11.3 Å². The van der Waals surface area contributed by atoms with E-state index < -0.39 is 23.3 Å². The Morgan fingerprint density at radius 2 is 1.88 bits per heavy atom. The number of carbonyl (C=O) groups excluding carboxylic acids is 2. The highest BCUT2D eigenvalue weighted by Crippen LogP contribution is 2.39. The van der Waals surface area contributed by atoms with Gasteiger partial charge >= 0.3 is 5.97 Å². The first-order valence-corrected chi connectivity index (χ1v) is 8.87. The largest absolute Gasteiger partial charge is 0.467 e. The molecule has 1 aliphatic rings. The van der Waals surface area contributed by atoms with E-state index in [4.69, 9.17) is 9.47 Å². The maximum absolute atomic E-state index is 13.2. The van der Waals surface area contributed by atoms with Crippen molar-refractivity contribution in [2.24, 2.45) is 0 Å². The average Bonchev–Trinajstić information content (AvgIpc) is 2.94. The first-order chi connectivity index (χ1) is 12.0. The van der Waals surface area contributed by atoms with Crippen LogP contribution in [0.4, 0.5) is 0 Å². The van der Waals surface area contributed by atoms with Crippen molar-refractivity contribution in [3.8, 4) is 0 Å². The number of benzene rings is 1. The summed E-state index contributed by atoms with van der Waals surface area (Å²) in [7, 11) is 2.96. The highest BCUT2D eigenvalue weighted by molar-refractivity contribution is 5.89. The van der Waals surface area contributed by atoms with E-state index in [1.165, 1.54) is 12.0 Å². The number of rotatable bonds is 5. The minimum Gasteiger partial charge on any atom is -0.467 e. The van der Waals surface area contributed by atoms with Crippen LogP contribution in [-0.4, -0.2) is 59.7 Å². The molecule has 0 saturated carbocycles. The number of ether oxygens (including phenoxy) is 2. The van der Waals surface area contributed by atoms with Gasteiger partial charge in [-0.25, -0.2) is 4.79 Å². The van der Waals surface area contributed by atoms with Crippen molar-refractivity contribution in [3.05, 3.63) is 35.9 Å². The molecule has 1 saturated heterocycles. The lowest BCUT2D eigenvalue weighted by molar-refractivity contribution is -0.162. The predicted molar refractivity (Wildman–Crippen MR) is 99.4 cm³/mol. The molecule has 1 aromatic carbocycles. The predicted octanol–water partition coefficient (Wildman–Crippen LogP) is 2.59. The Balaban J connectivity index is 2.31. The molecule has 26 heavy (non-hydrogen) atoms. The highest BCUT2D eigenvalue weighted by atomic mass is 16.5. The van der Waals surface area contributed by atoms with Crippen molar-refractivity contribution in [1.82, 2.24) is 9.80 Å². The lowest BCUT2D eigenvalue weighted by Gasteiger charge is -2.41. The summed E-state index contributed by atoms with van der Waals surface area (Å²) in [6, 6.07) is 9.53. The van der Waals surface area contributed by atoms with Crippen molar-refractivity contribution in [2.45, 2.75) is 58.0 Å². The zero-order valence-corrected chi connectivity index (χ0v) is 16.8. The van der Waals surface area contributed by atoms with E-state index in [0.29, 0.717) is 6.61 Å². The van der Waals surface area contributed by atoms with E-state index >= 15 is 0 Å². The summed E-state index contributed by atoms with van der Waals surface area (Å²) in [6.45, 7) is 9.67. The topological polar surface area (TPSA) is 59.1 Å². The minimum atomic E-state index is -1.05. The fourth-order valence-electron chi connectivity index (χ4n) is 3.54. The molecule has 1 aliphatic heterocycles. The van der Waals surface area contributed by atoms with Crippen LogP contribution in [0.15, 0.2) is 30.3 Å². The quantitative estimate of drug-likeness (QED) is 0.754. The number of methoxy groups -OCH3 is 1. The summed E-state index contributed by atoms with van der Waals surface area (Å²) >= 11 is 0. The molecule has 0 spiro atoms. The molecule has 0 aromatic heterocycles. The maximum Gasteiger partial charge on any atom is 0.331 e. The van der Waals surface area contributed by atoms with Crippen LogP contribution < -0.4 is 0 Å². The van der Waals surface area contributed by atoms with E-state index in [-0.39, 0.29) is 11.9 Å². The van der Waals surface area contributed by atoms with Crippen LogP contribution in [0.3, 0.4) is 0 Å². The Kier molecular flexibility index (Phi) is 5.78. The van der Waals surface area contributed by atoms with Crippen molar-refractivity contribution in [3.63, 3.8) is 0 Å². The van der Waals surface area contributed by atoms with E-state index in [1.54, 1.807) is 20.9 Å². The van der Waals surface area contributed by atoms with Crippen molar-refractivity contribution >= 4 is 11.9 Å². The summed E-state index contributed by atoms with van der Waals surface area (Å²) in [5.41, 5.74) is -0.536. The second kappa shape index (κ2) is 7.37. The molecule has 0 bridgehead atoms. The smallest absolute Gasteiger partial charge is 0.331 e.